The van der Waals surface area contributed by atoms with Crippen molar-refractivity contribution in [3.05, 3.63) is 175 Å². The number of fused-ring (bicyclic) bond motifs is 8. The van der Waals surface area contributed by atoms with Gasteiger partial charge in [0.2, 0.25) is 0 Å². The Morgan fingerprint density at radius 2 is 1.15 bits per heavy atom. The summed E-state index contributed by atoms with van der Waals surface area (Å²) in [6, 6.07) is 55.8. The normalized spacial score (nSPS) is 13.1. The molecule has 0 saturated heterocycles. The minimum Gasteiger partial charge on any atom is -0.294 e. The number of hydrogen-bond donors (Lipinski definition) is 0. The molecule has 1 aliphatic rings. The van der Waals surface area contributed by atoms with E-state index in [0.717, 1.165) is 55.1 Å². The van der Waals surface area contributed by atoms with E-state index in [1.54, 1.807) is 0 Å². The first-order chi connectivity index (χ1) is 26.5. The van der Waals surface area contributed by atoms with Crippen LogP contribution in [-0.2, 0) is 5.41 Å². The lowest BCUT2D eigenvalue weighted by Crippen LogP contribution is -2.15. The van der Waals surface area contributed by atoms with Crippen molar-refractivity contribution < 1.29 is 0 Å². The second-order valence-corrected chi connectivity index (χ2v) is 14.7. The zero-order valence-corrected chi connectivity index (χ0v) is 29.8. The molecule has 0 radical (unpaired) electrons. The molecule has 5 nitrogen and oxygen atoms in total. The number of benzene rings is 7. The lowest BCUT2D eigenvalue weighted by atomic mass is 9.82. The molecule has 0 unspecified atom stereocenters. The van der Waals surface area contributed by atoms with Crippen molar-refractivity contribution in [2.24, 2.45) is 0 Å². The summed E-state index contributed by atoms with van der Waals surface area (Å²) in [5, 5.41) is 6.94. The summed E-state index contributed by atoms with van der Waals surface area (Å²) in [5.41, 5.74) is 10.8. The van der Waals surface area contributed by atoms with Gasteiger partial charge in [0.15, 0.2) is 17.5 Å². The maximum absolute atomic E-state index is 5.30. The van der Waals surface area contributed by atoms with Crippen molar-refractivity contribution in [1.29, 1.82) is 0 Å². The Kier molecular flexibility index (Phi) is 6.53. The highest BCUT2D eigenvalue weighted by Crippen LogP contribution is 2.52. The summed E-state index contributed by atoms with van der Waals surface area (Å²) < 4.78 is 2.29. The molecule has 54 heavy (non-hydrogen) atoms. The predicted molar refractivity (Wildman–Crippen MR) is 221 cm³/mol. The fraction of sp³-hybridized carbons (Fsp3) is 0.0612. The lowest BCUT2D eigenvalue weighted by Gasteiger charge is -2.22. The second kappa shape index (κ2) is 11.5. The van der Waals surface area contributed by atoms with Gasteiger partial charge in [0.05, 0.1) is 5.52 Å². The summed E-state index contributed by atoms with van der Waals surface area (Å²) in [7, 11) is 0. The van der Waals surface area contributed by atoms with Crippen LogP contribution < -0.4 is 0 Å². The van der Waals surface area contributed by atoms with Crippen molar-refractivity contribution in [1.82, 2.24) is 24.5 Å². The van der Waals surface area contributed by atoms with E-state index >= 15 is 0 Å². The number of rotatable bonds is 4. The standard InChI is InChI=1S/C49H33N5/c1-49(2)41-21-10-19-40(44(41)39-26-25-34(29-42(39)49)54-43-22-8-7-17-36(43)38-20-11-27-50-48(38)54)47-52-45(33-24-23-30-12-3-4-14-32(30)28-33)51-46(53-47)37-18-9-15-31-13-5-6-16-35(31)37/h3-29H,1-2H3. The monoisotopic (exact) mass is 691 g/mol. The van der Waals surface area contributed by atoms with Crippen LogP contribution >= 0.6 is 0 Å². The smallest absolute Gasteiger partial charge is 0.164 e. The van der Waals surface area contributed by atoms with E-state index in [9.17, 15) is 0 Å². The Balaban J connectivity index is 1.13. The molecule has 10 aromatic rings. The Bertz CT molecular complexity index is 3100. The molecule has 254 valence electrons. The van der Waals surface area contributed by atoms with Gasteiger partial charge in [0.1, 0.15) is 5.65 Å². The third-order valence-electron chi connectivity index (χ3n) is 11.3. The molecular weight excluding hydrogens is 659 g/mol. The van der Waals surface area contributed by atoms with Crippen LogP contribution in [0.4, 0.5) is 0 Å². The highest BCUT2D eigenvalue weighted by Gasteiger charge is 2.38. The summed E-state index contributed by atoms with van der Waals surface area (Å²) in [6.45, 7) is 4.65. The number of pyridine rings is 1. The third kappa shape index (κ3) is 4.51. The zero-order valence-electron chi connectivity index (χ0n) is 29.8. The summed E-state index contributed by atoms with van der Waals surface area (Å²) in [6.07, 6.45) is 1.88. The molecule has 0 fully saturated rings. The molecule has 0 N–H and O–H groups in total. The van der Waals surface area contributed by atoms with Crippen LogP contribution in [0.25, 0.3) is 94.5 Å². The van der Waals surface area contributed by atoms with Crippen LogP contribution in [0.5, 0.6) is 0 Å². The maximum Gasteiger partial charge on any atom is 0.164 e. The van der Waals surface area contributed by atoms with E-state index in [4.69, 9.17) is 19.9 Å². The van der Waals surface area contributed by atoms with E-state index in [0.29, 0.717) is 17.5 Å². The predicted octanol–water partition coefficient (Wildman–Crippen LogP) is 12.0. The largest absolute Gasteiger partial charge is 0.294 e. The lowest BCUT2D eigenvalue weighted by molar-refractivity contribution is 0.660. The molecule has 0 saturated carbocycles. The third-order valence-corrected chi connectivity index (χ3v) is 11.3. The first kappa shape index (κ1) is 30.6. The Morgan fingerprint density at radius 3 is 2.04 bits per heavy atom. The molecule has 0 spiro atoms. The van der Waals surface area contributed by atoms with Crippen LogP contribution in [0.3, 0.4) is 0 Å². The molecule has 7 aromatic carbocycles. The SMILES string of the molecule is CC1(C)c2cc(-n3c4ccccc4c4cccnc43)ccc2-c2c(-c3nc(-c4ccc5ccccc5c4)nc(-c4cccc5ccccc45)n3)cccc21. The summed E-state index contributed by atoms with van der Waals surface area (Å²) in [4.78, 5) is 20.6. The van der Waals surface area contributed by atoms with E-state index < -0.39 is 0 Å². The summed E-state index contributed by atoms with van der Waals surface area (Å²) >= 11 is 0. The molecule has 3 aromatic heterocycles. The molecule has 1 aliphatic carbocycles. The minimum atomic E-state index is -0.268. The van der Waals surface area contributed by atoms with Crippen LogP contribution in [0, 0.1) is 0 Å². The van der Waals surface area contributed by atoms with Crippen LogP contribution in [0.15, 0.2) is 164 Å². The summed E-state index contributed by atoms with van der Waals surface area (Å²) in [5.74, 6) is 1.97. The van der Waals surface area contributed by atoms with Gasteiger partial charge in [-0.25, -0.2) is 19.9 Å². The highest BCUT2D eigenvalue weighted by molar-refractivity contribution is 6.08. The van der Waals surface area contributed by atoms with Crippen LogP contribution in [0.1, 0.15) is 25.0 Å². The van der Waals surface area contributed by atoms with Crippen molar-refractivity contribution in [3.8, 4) is 51.0 Å². The van der Waals surface area contributed by atoms with Crippen LogP contribution in [-0.4, -0.2) is 24.5 Å². The highest BCUT2D eigenvalue weighted by atomic mass is 15.0. The van der Waals surface area contributed by atoms with E-state index in [1.165, 1.54) is 33.0 Å². The Morgan fingerprint density at radius 1 is 0.463 bits per heavy atom. The average molecular weight is 692 g/mol. The van der Waals surface area contributed by atoms with Gasteiger partial charge in [0, 0.05) is 44.8 Å². The first-order valence-corrected chi connectivity index (χ1v) is 18.4. The Labute approximate surface area is 312 Å². The van der Waals surface area contributed by atoms with Gasteiger partial charge in [-0.3, -0.25) is 4.57 Å². The van der Waals surface area contributed by atoms with Crippen LogP contribution in [0.2, 0.25) is 0 Å². The molecule has 3 heterocycles. The topological polar surface area (TPSA) is 56.5 Å². The molecule has 0 aliphatic heterocycles. The van der Waals surface area contributed by atoms with Gasteiger partial charge in [0.25, 0.3) is 0 Å². The van der Waals surface area contributed by atoms with Gasteiger partial charge in [-0.1, -0.05) is 135 Å². The van der Waals surface area contributed by atoms with Gasteiger partial charge in [-0.15, -0.1) is 0 Å². The van der Waals surface area contributed by atoms with Crippen molar-refractivity contribution in [2.45, 2.75) is 19.3 Å². The number of para-hydroxylation sites is 1. The molecule has 0 atom stereocenters. The van der Waals surface area contributed by atoms with Gasteiger partial charge >= 0.3 is 0 Å². The first-order valence-electron chi connectivity index (χ1n) is 18.4. The van der Waals surface area contributed by atoms with Crippen molar-refractivity contribution in [3.63, 3.8) is 0 Å². The van der Waals surface area contributed by atoms with E-state index in [-0.39, 0.29) is 5.41 Å². The quantitative estimate of drug-likeness (QED) is 0.184. The maximum atomic E-state index is 5.30. The minimum absolute atomic E-state index is 0.268. The number of aromatic nitrogens is 5. The van der Waals surface area contributed by atoms with Crippen molar-refractivity contribution >= 4 is 43.5 Å². The molecule has 11 rings (SSSR count). The molecule has 5 heteroatoms. The average Bonchev–Trinajstić information content (AvgIpc) is 3.68. The van der Waals surface area contributed by atoms with E-state index in [2.05, 4.69) is 170 Å². The Hall–Kier alpha value is -6.98. The van der Waals surface area contributed by atoms with Gasteiger partial charge in [-0.05, 0) is 80.2 Å². The number of hydrogen-bond acceptors (Lipinski definition) is 4. The molecule has 0 bridgehead atoms. The zero-order chi connectivity index (χ0) is 36.0. The van der Waals surface area contributed by atoms with Gasteiger partial charge < -0.3 is 0 Å². The fourth-order valence-electron chi connectivity index (χ4n) is 8.65. The van der Waals surface area contributed by atoms with E-state index in [1.807, 2.05) is 12.3 Å². The van der Waals surface area contributed by atoms with Crippen molar-refractivity contribution in [2.75, 3.05) is 0 Å². The second-order valence-electron chi connectivity index (χ2n) is 14.7. The molecule has 0 amide bonds. The van der Waals surface area contributed by atoms with Gasteiger partial charge in [-0.2, -0.15) is 0 Å². The fourth-order valence-corrected chi connectivity index (χ4v) is 8.65. The number of nitrogens with zero attached hydrogens (tertiary/aromatic N) is 5. The molecular formula is C49H33N5.